The highest BCUT2D eigenvalue weighted by atomic mass is 16.3. The number of benzene rings is 1. The predicted octanol–water partition coefficient (Wildman–Crippen LogP) is 4.12. The van der Waals surface area contributed by atoms with E-state index >= 15 is 0 Å². The summed E-state index contributed by atoms with van der Waals surface area (Å²) in [6.45, 7) is 6.85. The molecule has 3 aliphatic rings. The summed E-state index contributed by atoms with van der Waals surface area (Å²) in [5, 5.41) is 12.3. The van der Waals surface area contributed by atoms with Crippen LogP contribution in [0.2, 0.25) is 0 Å². The Balaban J connectivity index is 1.85. The lowest BCUT2D eigenvalue weighted by molar-refractivity contribution is 0.102. The number of para-hydroxylation sites is 1. The SMILES string of the molecule is CC1(C)N=C2[C@@H](O)c3c([nH]c4ccccc34)[C@]3(C)CC[C@H]1C[C@H]23. The van der Waals surface area contributed by atoms with Gasteiger partial charge in [-0.2, -0.15) is 0 Å². The molecule has 3 nitrogen and oxygen atoms in total. The second-order valence-electron chi connectivity index (χ2n) is 8.49. The van der Waals surface area contributed by atoms with E-state index in [9.17, 15) is 5.11 Å². The number of hydrogen-bond acceptors (Lipinski definition) is 2. The molecule has 1 fully saturated rings. The minimum atomic E-state index is -0.558. The van der Waals surface area contributed by atoms with Crippen LogP contribution in [0.25, 0.3) is 10.9 Å². The van der Waals surface area contributed by atoms with Gasteiger partial charge in [-0.25, -0.2) is 0 Å². The largest absolute Gasteiger partial charge is 0.382 e. The minimum Gasteiger partial charge on any atom is -0.382 e. The summed E-state index contributed by atoms with van der Waals surface area (Å²) in [4.78, 5) is 8.73. The number of aromatic nitrogens is 1. The average Bonchev–Trinajstić information content (AvgIpc) is 2.92. The van der Waals surface area contributed by atoms with Crippen molar-refractivity contribution in [3.05, 3.63) is 35.5 Å². The fraction of sp³-hybridized carbons (Fsp3) is 0.550. The van der Waals surface area contributed by atoms with E-state index in [0.717, 1.165) is 28.6 Å². The van der Waals surface area contributed by atoms with E-state index in [-0.39, 0.29) is 11.0 Å². The van der Waals surface area contributed by atoms with Gasteiger partial charge in [0.2, 0.25) is 0 Å². The predicted molar refractivity (Wildman–Crippen MR) is 93.0 cm³/mol. The molecule has 0 amide bonds. The summed E-state index contributed by atoms with van der Waals surface area (Å²) in [7, 11) is 0. The molecule has 4 atom stereocenters. The minimum absolute atomic E-state index is 0.0439. The van der Waals surface area contributed by atoms with Gasteiger partial charge in [0.15, 0.2) is 0 Å². The van der Waals surface area contributed by atoms with Gasteiger partial charge in [0.1, 0.15) is 6.10 Å². The number of nitrogens with one attached hydrogen (secondary N) is 1. The number of fused-ring (bicyclic) bond motifs is 5. The quantitative estimate of drug-likeness (QED) is 0.755. The highest BCUT2D eigenvalue weighted by molar-refractivity contribution is 6.01. The highest BCUT2D eigenvalue weighted by Gasteiger charge is 2.56. The maximum Gasteiger partial charge on any atom is 0.119 e. The molecule has 120 valence electrons. The molecular formula is C20H24N2O. The Kier molecular flexibility index (Phi) is 2.44. The Labute approximate surface area is 136 Å². The van der Waals surface area contributed by atoms with Crippen LogP contribution in [0.1, 0.15) is 57.4 Å². The zero-order valence-electron chi connectivity index (χ0n) is 14.1. The van der Waals surface area contributed by atoms with Crippen LogP contribution in [-0.2, 0) is 5.41 Å². The normalized spacial score (nSPS) is 37.4. The van der Waals surface area contributed by atoms with E-state index in [1.54, 1.807) is 0 Å². The molecule has 1 aromatic carbocycles. The number of hydrogen-bond donors (Lipinski definition) is 2. The summed E-state index contributed by atoms with van der Waals surface area (Å²) in [5.41, 5.74) is 4.55. The number of aliphatic imine (C=N–C) groups is 1. The van der Waals surface area contributed by atoms with Crippen molar-refractivity contribution in [3.63, 3.8) is 0 Å². The number of aliphatic hydroxyl groups excluding tert-OH is 1. The lowest BCUT2D eigenvalue weighted by Crippen LogP contribution is -2.55. The van der Waals surface area contributed by atoms with Crippen LogP contribution >= 0.6 is 0 Å². The molecule has 0 spiro atoms. The first kappa shape index (κ1) is 13.8. The van der Waals surface area contributed by atoms with Crippen molar-refractivity contribution in [3.8, 4) is 0 Å². The van der Waals surface area contributed by atoms with Crippen molar-refractivity contribution in [2.45, 2.75) is 57.1 Å². The molecule has 0 radical (unpaired) electrons. The van der Waals surface area contributed by atoms with Gasteiger partial charge in [-0.05, 0) is 45.1 Å². The fourth-order valence-electron chi connectivity index (χ4n) is 5.50. The van der Waals surface area contributed by atoms with E-state index in [1.807, 2.05) is 0 Å². The van der Waals surface area contributed by atoms with Gasteiger partial charge in [-0.1, -0.05) is 25.1 Å². The van der Waals surface area contributed by atoms with E-state index in [4.69, 9.17) is 4.99 Å². The maximum atomic E-state index is 11.2. The van der Waals surface area contributed by atoms with Gasteiger partial charge < -0.3 is 10.1 Å². The Hall–Kier alpha value is -1.61. The summed E-state index contributed by atoms with van der Waals surface area (Å²) in [6, 6.07) is 8.35. The van der Waals surface area contributed by atoms with Gasteiger partial charge >= 0.3 is 0 Å². The Morgan fingerprint density at radius 3 is 2.83 bits per heavy atom. The lowest BCUT2D eigenvalue weighted by Gasteiger charge is -2.55. The first-order chi connectivity index (χ1) is 10.9. The zero-order valence-corrected chi connectivity index (χ0v) is 14.1. The zero-order chi connectivity index (χ0) is 16.0. The van der Waals surface area contributed by atoms with Crippen LogP contribution in [-0.4, -0.2) is 21.3 Å². The third-order valence-corrected chi connectivity index (χ3v) is 6.95. The second-order valence-corrected chi connectivity index (χ2v) is 8.49. The molecule has 2 bridgehead atoms. The molecule has 0 unspecified atom stereocenters. The maximum absolute atomic E-state index is 11.2. The number of aromatic amines is 1. The molecule has 23 heavy (non-hydrogen) atoms. The van der Waals surface area contributed by atoms with E-state index < -0.39 is 6.10 Å². The van der Waals surface area contributed by atoms with Crippen LogP contribution in [0.3, 0.4) is 0 Å². The molecule has 3 heteroatoms. The molecule has 1 saturated carbocycles. The second kappa shape index (κ2) is 4.07. The summed E-state index contributed by atoms with van der Waals surface area (Å²) >= 11 is 0. The molecule has 2 N–H and O–H groups in total. The van der Waals surface area contributed by atoms with Gasteiger partial charge in [-0.15, -0.1) is 0 Å². The number of rotatable bonds is 0. The van der Waals surface area contributed by atoms with E-state index in [2.05, 4.69) is 50.0 Å². The molecular weight excluding hydrogens is 284 g/mol. The molecule has 2 aromatic rings. The molecule has 0 saturated heterocycles. The molecule has 2 heterocycles. The Bertz CT molecular complexity index is 846. The van der Waals surface area contributed by atoms with E-state index in [1.165, 1.54) is 18.5 Å². The Morgan fingerprint density at radius 2 is 2.00 bits per heavy atom. The smallest absolute Gasteiger partial charge is 0.119 e. The standard InChI is InChI=1S/C20H24N2O/c1-19(2)11-8-9-20(3)13(10-11)16(22-19)17(23)15-12-6-4-5-7-14(12)21-18(15)20/h4-7,11,13,17,21,23H,8-10H2,1-3H3/t11-,13+,17-,20+/m0/s1. The van der Waals surface area contributed by atoms with Crippen LogP contribution < -0.4 is 0 Å². The molecule has 1 aromatic heterocycles. The van der Waals surface area contributed by atoms with Crippen molar-refractivity contribution < 1.29 is 5.11 Å². The van der Waals surface area contributed by atoms with Crippen molar-refractivity contribution >= 4 is 16.6 Å². The van der Waals surface area contributed by atoms with E-state index in [0.29, 0.717) is 11.8 Å². The van der Waals surface area contributed by atoms with Crippen LogP contribution in [0.15, 0.2) is 29.3 Å². The number of H-pyrrole nitrogens is 1. The molecule has 5 rings (SSSR count). The van der Waals surface area contributed by atoms with Crippen LogP contribution in [0.4, 0.5) is 0 Å². The monoisotopic (exact) mass is 308 g/mol. The average molecular weight is 308 g/mol. The first-order valence-corrected chi connectivity index (χ1v) is 8.80. The molecule has 1 aliphatic heterocycles. The van der Waals surface area contributed by atoms with Gasteiger partial charge in [0, 0.05) is 33.5 Å². The van der Waals surface area contributed by atoms with Crippen molar-refractivity contribution in [2.75, 3.05) is 0 Å². The summed E-state index contributed by atoms with van der Waals surface area (Å²) < 4.78 is 0. The highest BCUT2D eigenvalue weighted by Crippen LogP contribution is 2.58. The fourth-order valence-corrected chi connectivity index (χ4v) is 5.50. The number of nitrogens with zero attached hydrogens (tertiary/aromatic N) is 1. The van der Waals surface area contributed by atoms with Crippen LogP contribution in [0.5, 0.6) is 0 Å². The third kappa shape index (κ3) is 1.56. The Morgan fingerprint density at radius 1 is 1.22 bits per heavy atom. The van der Waals surface area contributed by atoms with Crippen molar-refractivity contribution in [1.82, 2.24) is 4.98 Å². The lowest BCUT2D eigenvalue weighted by atomic mass is 9.53. The van der Waals surface area contributed by atoms with Gasteiger partial charge in [-0.3, -0.25) is 4.99 Å². The summed E-state index contributed by atoms with van der Waals surface area (Å²) in [6.07, 6.45) is 3.00. The summed E-state index contributed by atoms with van der Waals surface area (Å²) in [5.74, 6) is 1.02. The molecule has 2 aliphatic carbocycles. The van der Waals surface area contributed by atoms with Crippen molar-refractivity contribution in [1.29, 1.82) is 0 Å². The van der Waals surface area contributed by atoms with Gasteiger partial charge in [0.05, 0.1) is 11.3 Å². The van der Waals surface area contributed by atoms with Gasteiger partial charge in [0.25, 0.3) is 0 Å². The third-order valence-electron chi connectivity index (χ3n) is 6.95. The first-order valence-electron chi connectivity index (χ1n) is 8.80. The topological polar surface area (TPSA) is 48.4 Å². The number of aliphatic hydroxyl groups is 1. The van der Waals surface area contributed by atoms with Crippen LogP contribution in [0, 0.1) is 11.8 Å². The van der Waals surface area contributed by atoms with Crippen molar-refractivity contribution in [2.24, 2.45) is 16.8 Å².